The van der Waals surface area contributed by atoms with Crippen LogP contribution < -0.4 is 14.8 Å². The molecule has 0 unspecified atom stereocenters. The van der Waals surface area contributed by atoms with Gasteiger partial charge in [0.15, 0.2) is 0 Å². The van der Waals surface area contributed by atoms with Gasteiger partial charge in [-0.3, -0.25) is 23.9 Å². The van der Waals surface area contributed by atoms with E-state index in [1.807, 2.05) is 73.7 Å². The van der Waals surface area contributed by atoms with E-state index in [9.17, 15) is 27.6 Å². The Balaban J connectivity index is 1.25. The van der Waals surface area contributed by atoms with Gasteiger partial charge in [0.05, 0.1) is 36.0 Å². The molecule has 5 atom stereocenters. The first-order valence-corrected chi connectivity index (χ1v) is 20.9. The number of aromatic nitrogens is 1. The van der Waals surface area contributed by atoms with Gasteiger partial charge in [0.1, 0.15) is 23.4 Å². The topological polar surface area (TPSA) is 161 Å². The molecule has 3 fully saturated rings. The highest BCUT2D eigenvalue weighted by Gasteiger charge is 2.62. The molecule has 3 heterocycles. The fraction of sp³-hybridized carbons (Fsp3) is 0.452. The van der Waals surface area contributed by atoms with Crippen LogP contribution in [0, 0.1) is 11.8 Å². The van der Waals surface area contributed by atoms with Crippen molar-refractivity contribution in [3.8, 4) is 17.0 Å². The fourth-order valence-corrected chi connectivity index (χ4v) is 8.97. The van der Waals surface area contributed by atoms with Crippen molar-refractivity contribution in [2.45, 2.75) is 94.1 Å². The molecule has 0 radical (unpaired) electrons. The van der Waals surface area contributed by atoms with Crippen molar-refractivity contribution in [3.63, 3.8) is 0 Å². The molecule has 4 bridgehead atoms. The molecular weight excluding hydrogens is 721 g/mol. The normalized spacial score (nSPS) is 26.3. The first-order chi connectivity index (χ1) is 26.5. The van der Waals surface area contributed by atoms with Gasteiger partial charge in [-0.1, -0.05) is 74.4 Å². The number of amides is 3. The van der Waals surface area contributed by atoms with Crippen molar-refractivity contribution in [2.24, 2.45) is 11.8 Å². The van der Waals surface area contributed by atoms with Gasteiger partial charge in [-0.05, 0) is 56.2 Å². The number of unbranched alkanes of at least 4 members (excludes halogenated alkanes) is 1. The summed E-state index contributed by atoms with van der Waals surface area (Å²) in [6, 6.07) is 16.4. The quantitative estimate of drug-likeness (QED) is 0.202. The highest BCUT2D eigenvalue weighted by atomic mass is 32.2. The zero-order valence-electron chi connectivity index (χ0n) is 31.1. The van der Waals surface area contributed by atoms with Gasteiger partial charge in [0.2, 0.25) is 21.8 Å². The molecule has 3 aromatic rings. The lowest BCUT2D eigenvalue weighted by Crippen LogP contribution is -2.57. The first kappa shape index (κ1) is 38.2. The summed E-state index contributed by atoms with van der Waals surface area (Å²) >= 11 is 0. The highest BCUT2D eigenvalue weighted by Crippen LogP contribution is 2.46. The van der Waals surface area contributed by atoms with Crippen molar-refractivity contribution in [2.75, 3.05) is 13.2 Å². The molecule has 13 heteroatoms. The van der Waals surface area contributed by atoms with Crippen molar-refractivity contribution in [1.82, 2.24) is 19.9 Å². The minimum absolute atomic E-state index is 0.0405. The second-order valence-electron chi connectivity index (χ2n) is 15.1. The Bertz CT molecular complexity index is 2120. The predicted octanol–water partition coefficient (Wildman–Crippen LogP) is 5.47. The summed E-state index contributed by atoms with van der Waals surface area (Å²) in [5, 5.41) is 2.99. The number of rotatable bonds is 10. The fourth-order valence-electron chi connectivity index (χ4n) is 7.61. The summed E-state index contributed by atoms with van der Waals surface area (Å²) in [5.41, 5.74) is 1.71. The summed E-state index contributed by atoms with van der Waals surface area (Å²) < 4.78 is 40.0. The number of esters is 1. The van der Waals surface area contributed by atoms with Crippen molar-refractivity contribution < 1.29 is 37.1 Å². The Morgan fingerprint density at radius 2 is 1.91 bits per heavy atom. The molecule has 7 rings (SSSR count). The van der Waals surface area contributed by atoms with Crippen LogP contribution in [0.5, 0.6) is 5.75 Å². The van der Waals surface area contributed by atoms with Crippen molar-refractivity contribution >= 4 is 50.7 Å². The lowest BCUT2D eigenvalue weighted by Gasteiger charge is -2.29. The molecule has 2 N–H and O–H groups in total. The number of hydrogen-bond acceptors (Lipinski definition) is 9. The van der Waals surface area contributed by atoms with E-state index in [0.29, 0.717) is 55.5 Å². The van der Waals surface area contributed by atoms with Crippen molar-refractivity contribution in [3.05, 3.63) is 78.9 Å². The van der Waals surface area contributed by atoms with Crippen LogP contribution in [0.15, 0.2) is 73.3 Å². The summed E-state index contributed by atoms with van der Waals surface area (Å²) in [5.74, 6) is -2.98. The maximum absolute atomic E-state index is 14.5. The number of fused-ring (bicyclic) bond motifs is 3. The molecule has 0 spiro atoms. The van der Waals surface area contributed by atoms with Gasteiger partial charge in [-0.25, -0.2) is 13.4 Å². The molecular formula is C42H48N4O8S. The molecule has 3 amide bonds. The van der Waals surface area contributed by atoms with Gasteiger partial charge in [-0.15, -0.1) is 6.58 Å². The number of sulfonamides is 1. The van der Waals surface area contributed by atoms with E-state index in [0.717, 1.165) is 22.9 Å². The second kappa shape index (κ2) is 16.0. The first-order valence-electron chi connectivity index (χ1n) is 19.3. The molecule has 2 saturated carbocycles. The van der Waals surface area contributed by atoms with Crippen molar-refractivity contribution in [1.29, 1.82) is 0 Å². The molecule has 2 aliphatic heterocycles. The molecule has 1 saturated heterocycles. The van der Waals surface area contributed by atoms with Crippen LogP contribution in [-0.2, 0) is 33.9 Å². The molecule has 290 valence electrons. The average molecular weight is 769 g/mol. The average Bonchev–Trinajstić information content (AvgIpc) is 4.11. The van der Waals surface area contributed by atoms with E-state index in [1.165, 1.54) is 11.0 Å². The number of ether oxygens (including phenoxy) is 2. The van der Waals surface area contributed by atoms with Crippen LogP contribution in [0.2, 0.25) is 0 Å². The smallest absolute Gasteiger partial charge is 0.306 e. The van der Waals surface area contributed by atoms with E-state index < -0.39 is 62.6 Å². The van der Waals surface area contributed by atoms with Gasteiger partial charge >= 0.3 is 5.97 Å². The number of pyridine rings is 1. The third kappa shape index (κ3) is 8.46. The van der Waals surface area contributed by atoms with Crippen LogP contribution in [0.25, 0.3) is 28.2 Å². The largest absolute Gasteiger partial charge is 0.488 e. The Morgan fingerprint density at radius 1 is 1.11 bits per heavy atom. The van der Waals surface area contributed by atoms with Gasteiger partial charge in [-0.2, -0.15) is 0 Å². The minimum atomic E-state index is -3.89. The molecule has 2 aliphatic carbocycles. The number of nitrogens with zero attached hydrogens (tertiary/aromatic N) is 2. The number of carbonyl (C=O) groups is 4. The van der Waals surface area contributed by atoms with E-state index in [-0.39, 0.29) is 38.3 Å². The van der Waals surface area contributed by atoms with E-state index in [4.69, 9.17) is 14.5 Å². The molecule has 1 aromatic heterocycles. The Hall–Kier alpha value is -5.04. The third-order valence-corrected chi connectivity index (χ3v) is 12.8. The van der Waals surface area contributed by atoms with Crippen LogP contribution in [0.3, 0.4) is 0 Å². The number of cyclic esters (lactones) is 1. The summed E-state index contributed by atoms with van der Waals surface area (Å²) in [7, 11) is -3.89. The highest BCUT2D eigenvalue weighted by molar-refractivity contribution is 7.91. The van der Waals surface area contributed by atoms with Crippen LogP contribution in [-0.4, -0.2) is 78.1 Å². The summed E-state index contributed by atoms with van der Waals surface area (Å²) in [6.07, 6.45) is 9.17. The SMILES string of the molecule is C=C[C@@H]1C[C@]1(NC(=O)[C@@H]1C[C@@H]2CN1C(=O)[C@H](CCCC)CC(=O)OCCC/C=C/c1ccc3nc(-c4ccccc4)cc(c3c1)O2)C(=O)NS(=O)(=O)C1CC1. The van der Waals surface area contributed by atoms with E-state index >= 15 is 0 Å². The maximum Gasteiger partial charge on any atom is 0.306 e. The summed E-state index contributed by atoms with van der Waals surface area (Å²) in [4.78, 5) is 62.0. The Morgan fingerprint density at radius 3 is 2.64 bits per heavy atom. The number of benzene rings is 2. The van der Waals surface area contributed by atoms with E-state index in [1.54, 1.807) is 0 Å². The number of hydrogen-bond donors (Lipinski definition) is 2. The lowest BCUT2D eigenvalue weighted by molar-refractivity contribution is -0.150. The van der Waals surface area contributed by atoms with Crippen LogP contribution in [0.1, 0.15) is 76.7 Å². The van der Waals surface area contributed by atoms with Gasteiger partial charge in [0, 0.05) is 35.3 Å². The monoisotopic (exact) mass is 768 g/mol. The summed E-state index contributed by atoms with van der Waals surface area (Å²) in [6.45, 7) is 6.05. The minimum Gasteiger partial charge on any atom is -0.488 e. The van der Waals surface area contributed by atoms with Crippen LogP contribution >= 0.6 is 0 Å². The maximum atomic E-state index is 14.5. The van der Waals surface area contributed by atoms with Crippen LogP contribution in [0.4, 0.5) is 0 Å². The Kier molecular flexibility index (Phi) is 11.1. The Labute approximate surface area is 321 Å². The lowest BCUT2D eigenvalue weighted by atomic mass is 9.96. The molecule has 12 nitrogen and oxygen atoms in total. The second-order valence-corrected chi connectivity index (χ2v) is 17.1. The third-order valence-electron chi connectivity index (χ3n) is 11.0. The van der Waals surface area contributed by atoms with Gasteiger partial charge < -0.3 is 19.7 Å². The zero-order chi connectivity index (χ0) is 38.7. The number of carbonyl (C=O) groups excluding carboxylic acids is 4. The predicted molar refractivity (Wildman–Crippen MR) is 208 cm³/mol. The molecule has 55 heavy (non-hydrogen) atoms. The molecule has 4 aliphatic rings. The molecule has 2 aromatic carbocycles. The zero-order valence-corrected chi connectivity index (χ0v) is 31.9. The van der Waals surface area contributed by atoms with Gasteiger partial charge in [0.25, 0.3) is 5.91 Å². The number of nitrogens with one attached hydrogen (secondary N) is 2. The number of allylic oxidation sites excluding steroid dienone is 1. The standard InChI is InChI=1S/C42H48N4O8S/c1-3-5-13-29-22-38(47)53-20-11-7-8-12-27-16-19-34-33(21-27)37(24-35(43-34)28-14-9-6-10-15-28)54-31-23-36(46(26-31)40(29)49)39(48)44-42(25-30(42)4-2)41(50)45-55(51,52)32-17-18-32/h4,6,8-10,12,14-16,19,21,24,29-32,36H,2-3,5,7,11,13,17-18,20,22-23,25-26H2,1H3,(H,44,48)(H,45,50)/b12-8+/t29-,30-,31-,36+,42-/m1/s1. The van der Waals surface area contributed by atoms with E-state index in [2.05, 4.69) is 16.6 Å².